The first-order valence-electron chi connectivity index (χ1n) is 9.55. The Bertz CT molecular complexity index is 934. The molecule has 1 unspecified atom stereocenters. The Kier molecular flexibility index (Phi) is 9.87. The zero-order valence-corrected chi connectivity index (χ0v) is 20.6. The SMILES string of the molecule is CC(=O)N(CC(N)C(=O)OC(C)(C)C)N1C(=O)N[C@@](C)(c2ccc(C(=N)N)cc2)C1=O.Cl.Cl. The molecule has 0 spiro atoms. The molecule has 0 aliphatic carbocycles. The van der Waals surface area contributed by atoms with E-state index in [2.05, 4.69) is 5.32 Å². The molecule has 0 bridgehead atoms. The molecule has 0 radical (unpaired) electrons. The molecule has 33 heavy (non-hydrogen) atoms. The van der Waals surface area contributed by atoms with E-state index in [9.17, 15) is 19.2 Å². The molecule has 11 nitrogen and oxygen atoms in total. The fraction of sp³-hybridized carbons (Fsp3) is 0.450. The maximum Gasteiger partial charge on any atom is 0.344 e. The van der Waals surface area contributed by atoms with Gasteiger partial charge in [-0.25, -0.2) is 9.80 Å². The van der Waals surface area contributed by atoms with Crippen molar-refractivity contribution in [1.29, 1.82) is 5.41 Å². The number of hydrazine groups is 1. The molecule has 1 aromatic rings. The van der Waals surface area contributed by atoms with Crippen molar-refractivity contribution < 1.29 is 23.9 Å². The van der Waals surface area contributed by atoms with Crippen molar-refractivity contribution in [2.75, 3.05) is 6.54 Å². The van der Waals surface area contributed by atoms with Crippen LogP contribution in [0, 0.1) is 5.41 Å². The minimum atomic E-state index is -1.48. The van der Waals surface area contributed by atoms with E-state index < -0.39 is 47.5 Å². The lowest BCUT2D eigenvalue weighted by molar-refractivity contribution is -0.163. The molecule has 0 aromatic heterocycles. The van der Waals surface area contributed by atoms with E-state index in [0.717, 1.165) is 11.9 Å². The number of benzene rings is 1. The first-order valence-corrected chi connectivity index (χ1v) is 9.55. The lowest BCUT2D eigenvalue weighted by Crippen LogP contribution is -2.56. The van der Waals surface area contributed by atoms with Crippen molar-refractivity contribution in [2.45, 2.75) is 51.8 Å². The molecular formula is C20H30Cl2N6O5. The summed E-state index contributed by atoms with van der Waals surface area (Å²) in [7, 11) is 0. The fourth-order valence-corrected chi connectivity index (χ4v) is 3.01. The van der Waals surface area contributed by atoms with E-state index in [0.29, 0.717) is 16.1 Å². The zero-order chi connectivity index (χ0) is 23.7. The molecule has 1 heterocycles. The van der Waals surface area contributed by atoms with Gasteiger partial charge in [0.15, 0.2) is 0 Å². The molecule has 2 rings (SSSR count). The van der Waals surface area contributed by atoms with E-state index in [1.165, 1.54) is 6.92 Å². The van der Waals surface area contributed by atoms with E-state index >= 15 is 0 Å². The van der Waals surface area contributed by atoms with Crippen LogP contribution in [-0.2, 0) is 24.7 Å². The van der Waals surface area contributed by atoms with Gasteiger partial charge in [0, 0.05) is 12.5 Å². The highest BCUT2D eigenvalue weighted by atomic mass is 35.5. The third-order valence-corrected chi connectivity index (χ3v) is 4.63. The largest absolute Gasteiger partial charge is 0.459 e. The topological polar surface area (TPSA) is 172 Å². The number of nitrogens with one attached hydrogen (secondary N) is 2. The van der Waals surface area contributed by atoms with Crippen LogP contribution in [0.3, 0.4) is 0 Å². The van der Waals surface area contributed by atoms with Crippen LogP contribution in [-0.4, -0.2) is 57.9 Å². The highest BCUT2D eigenvalue weighted by molar-refractivity contribution is 6.08. The Hall–Kier alpha value is -2.89. The second kappa shape index (κ2) is 10.8. The predicted molar refractivity (Wildman–Crippen MR) is 126 cm³/mol. The van der Waals surface area contributed by atoms with Gasteiger partial charge in [0.2, 0.25) is 5.91 Å². The van der Waals surface area contributed by atoms with Gasteiger partial charge in [-0.05, 0) is 33.3 Å². The number of ether oxygens (including phenoxy) is 1. The number of hydrogen-bond acceptors (Lipinski definition) is 7. The van der Waals surface area contributed by atoms with Gasteiger partial charge in [0.05, 0.1) is 6.54 Å². The van der Waals surface area contributed by atoms with Gasteiger partial charge in [-0.3, -0.25) is 19.8 Å². The molecule has 1 fully saturated rings. The molecule has 6 N–H and O–H groups in total. The van der Waals surface area contributed by atoms with Crippen LogP contribution < -0.4 is 16.8 Å². The Morgan fingerprint density at radius 1 is 1.21 bits per heavy atom. The number of nitrogen functional groups attached to an aromatic ring is 1. The Balaban J connectivity index is 0.00000512. The van der Waals surface area contributed by atoms with Gasteiger partial charge in [-0.1, -0.05) is 24.3 Å². The predicted octanol–water partition coefficient (Wildman–Crippen LogP) is 1.01. The summed E-state index contributed by atoms with van der Waals surface area (Å²) in [5, 5.41) is 11.5. The van der Waals surface area contributed by atoms with Crippen LogP contribution in [0.5, 0.6) is 0 Å². The molecule has 2 atom stereocenters. The third kappa shape index (κ3) is 6.56. The van der Waals surface area contributed by atoms with Crippen molar-refractivity contribution in [3.63, 3.8) is 0 Å². The van der Waals surface area contributed by atoms with E-state index in [1.807, 2.05) is 0 Å². The van der Waals surface area contributed by atoms with Gasteiger partial charge in [0.1, 0.15) is 23.0 Å². The summed E-state index contributed by atoms with van der Waals surface area (Å²) >= 11 is 0. The smallest absolute Gasteiger partial charge is 0.344 e. The van der Waals surface area contributed by atoms with Crippen molar-refractivity contribution >= 4 is 54.5 Å². The minimum absolute atomic E-state index is 0. The molecule has 1 aliphatic heterocycles. The fourth-order valence-electron chi connectivity index (χ4n) is 3.01. The number of imide groups is 1. The number of amides is 4. The standard InChI is InChI=1S/C20H28N6O5.2ClH/c1-11(27)25(10-14(21)16(28)31-19(2,3)4)26-17(29)20(5,24-18(26)30)13-8-6-12(7-9-13)15(22)23;;/h6-9,14H,10,21H2,1-5H3,(H3,22,23)(H,24,30);2*1H/t14?,20-;;/m0../s1. The minimum Gasteiger partial charge on any atom is -0.459 e. The zero-order valence-electron chi connectivity index (χ0n) is 19.0. The molecule has 0 saturated carbocycles. The van der Waals surface area contributed by atoms with E-state index in [4.69, 9.17) is 21.6 Å². The summed E-state index contributed by atoms with van der Waals surface area (Å²) in [5.41, 5.74) is 9.94. The Morgan fingerprint density at radius 3 is 2.15 bits per heavy atom. The number of hydrogen-bond donors (Lipinski definition) is 4. The van der Waals surface area contributed by atoms with Crippen molar-refractivity contribution in [2.24, 2.45) is 11.5 Å². The molecule has 184 valence electrons. The summed E-state index contributed by atoms with van der Waals surface area (Å²) in [6.07, 6.45) is 0. The number of carbonyl (C=O) groups excluding carboxylic acids is 4. The summed E-state index contributed by atoms with van der Waals surface area (Å²) in [6, 6.07) is 4.10. The quantitative estimate of drug-likeness (QED) is 0.193. The highest BCUT2D eigenvalue weighted by Crippen LogP contribution is 2.30. The average molecular weight is 505 g/mol. The lowest BCUT2D eigenvalue weighted by atomic mass is 9.91. The van der Waals surface area contributed by atoms with Crippen LogP contribution in [0.15, 0.2) is 24.3 Å². The number of halogens is 2. The second-order valence-electron chi connectivity index (χ2n) is 8.40. The molecule has 13 heteroatoms. The first kappa shape index (κ1) is 30.1. The normalized spacial score (nSPS) is 18.4. The van der Waals surface area contributed by atoms with Crippen LogP contribution >= 0.6 is 24.8 Å². The summed E-state index contributed by atoms with van der Waals surface area (Å²) in [4.78, 5) is 50.3. The summed E-state index contributed by atoms with van der Waals surface area (Å²) in [6.45, 7) is 7.21. The third-order valence-electron chi connectivity index (χ3n) is 4.63. The number of carbonyl (C=O) groups is 4. The molecule has 4 amide bonds. The van der Waals surface area contributed by atoms with Crippen LogP contribution in [0.25, 0.3) is 0 Å². The van der Waals surface area contributed by atoms with Crippen molar-refractivity contribution in [3.8, 4) is 0 Å². The number of rotatable bonds is 6. The van der Waals surface area contributed by atoms with Crippen molar-refractivity contribution in [1.82, 2.24) is 15.3 Å². The first-order chi connectivity index (χ1) is 14.2. The number of amidine groups is 1. The van der Waals surface area contributed by atoms with Gasteiger partial charge in [-0.2, -0.15) is 5.01 Å². The Labute approximate surface area is 204 Å². The number of urea groups is 1. The monoisotopic (exact) mass is 504 g/mol. The van der Waals surface area contributed by atoms with Gasteiger partial charge in [-0.15, -0.1) is 24.8 Å². The maximum atomic E-state index is 13.2. The second-order valence-corrected chi connectivity index (χ2v) is 8.40. The van der Waals surface area contributed by atoms with Crippen LogP contribution in [0.2, 0.25) is 0 Å². The Morgan fingerprint density at radius 2 is 1.73 bits per heavy atom. The van der Waals surface area contributed by atoms with E-state index in [1.54, 1.807) is 45.0 Å². The maximum absolute atomic E-state index is 13.2. The lowest BCUT2D eigenvalue weighted by Gasteiger charge is -2.31. The molecule has 1 aliphatic rings. The van der Waals surface area contributed by atoms with Gasteiger partial charge in [0.25, 0.3) is 5.91 Å². The highest BCUT2D eigenvalue weighted by Gasteiger charge is 2.52. The molecule has 1 aromatic carbocycles. The van der Waals surface area contributed by atoms with Crippen molar-refractivity contribution in [3.05, 3.63) is 35.4 Å². The number of nitrogens with two attached hydrogens (primary N) is 2. The summed E-state index contributed by atoms with van der Waals surface area (Å²) in [5.74, 6) is -2.29. The average Bonchev–Trinajstić information content (AvgIpc) is 2.87. The molecule has 1 saturated heterocycles. The van der Waals surface area contributed by atoms with Gasteiger partial charge >= 0.3 is 12.0 Å². The van der Waals surface area contributed by atoms with Gasteiger partial charge < -0.3 is 21.5 Å². The molecular weight excluding hydrogens is 475 g/mol. The number of nitrogens with zero attached hydrogens (tertiary/aromatic N) is 2. The number of esters is 1. The van der Waals surface area contributed by atoms with Crippen LogP contribution in [0.1, 0.15) is 45.7 Å². The summed E-state index contributed by atoms with van der Waals surface area (Å²) < 4.78 is 5.20. The van der Waals surface area contributed by atoms with Crippen LogP contribution in [0.4, 0.5) is 4.79 Å². The van der Waals surface area contributed by atoms with E-state index in [-0.39, 0.29) is 30.6 Å².